The summed E-state index contributed by atoms with van der Waals surface area (Å²) < 4.78 is 43.4. The molecule has 0 aromatic heterocycles. The fourth-order valence-corrected chi connectivity index (χ4v) is 2.40. The van der Waals surface area contributed by atoms with Crippen LogP contribution < -0.4 is 16.4 Å². The summed E-state index contributed by atoms with van der Waals surface area (Å²) in [5.41, 5.74) is 5.17. The van der Waals surface area contributed by atoms with Crippen molar-refractivity contribution < 1.29 is 27.5 Å². The van der Waals surface area contributed by atoms with Gasteiger partial charge in [-0.15, -0.1) is 12.4 Å². The van der Waals surface area contributed by atoms with Crippen molar-refractivity contribution in [3.8, 4) is 0 Å². The normalized spacial score (nSPS) is 11.9. The molecular weight excluding hydrogens is 411 g/mol. The van der Waals surface area contributed by atoms with Gasteiger partial charge in [0.2, 0.25) is 5.91 Å². The van der Waals surface area contributed by atoms with E-state index in [9.17, 15) is 22.8 Å². The van der Waals surface area contributed by atoms with Crippen LogP contribution in [0.4, 0.5) is 24.5 Å². The lowest BCUT2D eigenvalue weighted by Gasteiger charge is -2.13. The number of benzene rings is 2. The van der Waals surface area contributed by atoms with Gasteiger partial charge in [0.15, 0.2) is 0 Å². The minimum absolute atomic E-state index is 0. The highest BCUT2D eigenvalue weighted by molar-refractivity contribution is 6.04. The van der Waals surface area contributed by atoms with Crippen LogP contribution in [0.25, 0.3) is 0 Å². The average molecular weight is 432 g/mol. The molecule has 0 bridgehead atoms. The predicted octanol–water partition coefficient (Wildman–Crippen LogP) is 3.68. The maximum Gasteiger partial charge on any atom is 0.416 e. The third-order valence-electron chi connectivity index (χ3n) is 3.87. The number of nitrogens with one attached hydrogen (secondary N) is 2. The summed E-state index contributed by atoms with van der Waals surface area (Å²) in [6, 6.07) is 10.4. The van der Waals surface area contributed by atoms with Gasteiger partial charge in [-0.05, 0) is 36.4 Å². The first-order valence-corrected chi connectivity index (χ1v) is 8.34. The molecule has 10 heteroatoms. The molecule has 2 amide bonds. The second-order valence-electron chi connectivity index (χ2n) is 5.96. The minimum atomic E-state index is -4.54. The summed E-state index contributed by atoms with van der Waals surface area (Å²) in [6.07, 6.45) is -4.89. The second-order valence-corrected chi connectivity index (χ2v) is 5.96. The number of amides is 2. The molecule has 1 unspecified atom stereocenters. The minimum Gasteiger partial charge on any atom is -0.380 e. The molecule has 0 spiro atoms. The van der Waals surface area contributed by atoms with Crippen molar-refractivity contribution in [2.75, 3.05) is 24.3 Å². The van der Waals surface area contributed by atoms with Crippen LogP contribution in [-0.4, -0.2) is 31.6 Å². The van der Waals surface area contributed by atoms with E-state index < -0.39 is 23.8 Å². The molecule has 29 heavy (non-hydrogen) atoms. The summed E-state index contributed by atoms with van der Waals surface area (Å²) >= 11 is 0. The van der Waals surface area contributed by atoms with Crippen LogP contribution in [0.15, 0.2) is 48.5 Å². The van der Waals surface area contributed by atoms with Crippen LogP contribution in [0.1, 0.15) is 22.3 Å². The number of hydrogen-bond acceptors (Lipinski definition) is 4. The van der Waals surface area contributed by atoms with Crippen LogP contribution in [0.3, 0.4) is 0 Å². The number of methoxy groups -OCH3 is 1. The Balaban J connectivity index is 0.00000420. The number of nitrogens with two attached hydrogens (primary N) is 1. The van der Waals surface area contributed by atoms with Gasteiger partial charge in [0.1, 0.15) is 0 Å². The van der Waals surface area contributed by atoms with Crippen LogP contribution in [0, 0.1) is 0 Å². The van der Waals surface area contributed by atoms with Gasteiger partial charge in [-0.3, -0.25) is 9.59 Å². The van der Waals surface area contributed by atoms with E-state index in [1.165, 1.54) is 19.2 Å². The number of alkyl halides is 3. The van der Waals surface area contributed by atoms with Crippen LogP contribution in [0.2, 0.25) is 0 Å². The summed E-state index contributed by atoms with van der Waals surface area (Å²) in [6.45, 7) is 0.191. The fraction of sp³-hybridized carbons (Fsp3) is 0.263. The van der Waals surface area contributed by atoms with E-state index in [-0.39, 0.29) is 36.8 Å². The molecular formula is C19H21ClF3N3O3. The first-order valence-electron chi connectivity index (χ1n) is 8.34. The van der Waals surface area contributed by atoms with E-state index in [1.807, 2.05) is 0 Å². The van der Waals surface area contributed by atoms with E-state index in [4.69, 9.17) is 10.5 Å². The van der Waals surface area contributed by atoms with E-state index in [0.717, 1.165) is 18.2 Å². The molecule has 0 saturated carbocycles. The molecule has 0 aliphatic rings. The molecule has 0 heterocycles. The molecule has 2 rings (SSSR count). The van der Waals surface area contributed by atoms with Crippen molar-refractivity contribution in [3.63, 3.8) is 0 Å². The average Bonchev–Trinajstić information content (AvgIpc) is 2.65. The van der Waals surface area contributed by atoms with Crippen molar-refractivity contribution in [1.82, 2.24) is 0 Å². The number of halogens is 4. The Hall–Kier alpha value is -2.62. The summed E-state index contributed by atoms with van der Waals surface area (Å²) in [4.78, 5) is 24.2. The Morgan fingerprint density at radius 1 is 1.07 bits per heavy atom. The standard InChI is InChI=1S/C19H20F3N3O3.ClH/c1-28-16(11-23)10-17(26)24-14-6-3-7-15(9-14)25-18(27)12-4-2-5-13(8-12)19(20,21)22;/h2-9,16H,10-11,23H2,1H3,(H,24,26)(H,25,27);1H. The van der Waals surface area contributed by atoms with E-state index in [1.54, 1.807) is 18.2 Å². The van der Waals surface area contributed by atoms with Crippen LogP contribution in [-0.2, 0) is 15.7 Å². The number of anilines is 2. The SMILES string of the molecule is COC(CN)CC(=O)Nc1cccc(NC(=O)c2cccc(C(F)(F)F)c2)c1.Cl. The van der Waals surface area contributed by atoms with Crippen LogP contribution >= 0.6 is 12.4 Å². The predicted molar refractivity (Wildman–Crippen MR) is 106 cm³/mol. The highest BCUT2D eigenvalue weighted by Crippen LogP contribution is 2.29. The largest absolute Gasteiger partial charge is 0.416 e. The monoisotopic (exact) mass is 431 g/mol. The van der Waals surface area contributed by atoms with Gasteiger partial charge in [-0.2, -0.15) is 13.2 Å². The highest BCUT2D eigenvalue weighted by Gasteiger charge is 2.30. The zero-order chi connectivity index (χ0) is 20.7. The summed E-state index contributed by atoms with van der Waals surface area (Å²) in [5, 5.41) is 5.16. The molecule has 0 aliphatic heterocycles. The molecule has 0 aliphatic carbocycles. The number of carbonyl (C=O) groups is 2. The smallest absolute Gasteiger partial charge is 0.380 e. The van der Waals surface area contributed by atoms with Crippen molar-refractivity contribution in [1.29, 1.82) is 0 Å². The van der Waals surface area contributed by atoms with Crippen LogP contribution in [0.5, 0.6) is 0 Å². The molecule has 0 radical (unpaired) electrons. The summed E-state index contributed by atoms with van der Waals surface area (Å²) in [5.74, 6) is -1.02. The Bertz CT molecular complexity index is 843. The Labute approximate surface area is 172 Å². The molecule has 0 saturated heterocycles. The van der Waals surface area contributed by atoms with Gasteiger partial charge in [-0.1, -0.05) is 12.1 Å². The Morgan fingerprint density at radius 3 is 2.28 bits per heavy atom. The van der Waals surface area contributed by atoms with Crippen molar-refractivity contribution in [3.05, 3.63) is 59.7 Å². The fourth-order valence-electron chi connectivity index (χ4n) is 2.40. The number of hydrogen-bond donors (Lipinski definition) is 3. The lowest BCUT2D eigenvalue weighted by Crippen LogP contribution is -2.28. The van der Waals surface area contributed by atoms with Crippen molar-refractivity contribution >= 4 is 35.6 Å². The molecule has 1 atom stereocenters. The van der Waals surface area contributed by atoms with Gasteiger partial charge < -0.3 is 21.1 Å². The highest BCUT2D eigenvalue weighted by atomic mass is 35.5. The van der Waals surface area contributed by atoms with E-state index in [2.05, 4.69) is 10.6 Å². The van der Waals surface area contributed by atoms with Crippen molar-refractivity contribution in [2.24, 2.45) is 5.73 Å². The van der Waals surface area contributed by atoms with Gasteiger partial charge in [0.25, 0.3) is 5.91 Å². The van der Waals surface area contributed by atoms with Gasteiger partial charge in [-0.25, -0.2) is 0 Å². The molecule has 158 valence electrons. The quantitative estimate of drug-likeness (QED) is 0.623. The molecule has 6 nitrogen and oxygen atoms in total. The van der Waals surface area contributed by atoms with Crippen molar-refractivity contribution in [2.45, 2.75) is 18.7 Å². The first-order chi connectivity index (χ1) is 13.2. The third-order valence-corrected chi connectivity index (χ3v) is 3.87. The third kappa shape index (κ3) is 7.37. The zero-order valence-electron chi connectivity index (χ0n) is 15.5. The maximum atomic E-state index is 12.8. The van der Waals surface area contributed by atoms with Gasteiger partial charge >= 0.3 is 6.18 Å². The number of ether oxygens (including phenoxy) is 1. The lowest BCUT2D eigenvalue weighted by atomic mass is 10.1. The Morgan fingerprint density at radius 2 is 1.69 bits per heavy atom. The second kappa shape index (κ2) is 10.8. The van der Waals surface area contributed by atoms with E-state index >= 15 is 0 Å². The first kappa shape index (κ1) is 24.4. The lowest BCUT2D eigenvalue weighted by molar-refractivity contribution is -0.137. The molecule has 0 fully saturated rings. The summed E-state index contributed by atoms with van der Waals surface area (Å²) in [7, 11) is 1.45. The number of rotatable bonds is 7. The molecule has 2 aromatic carbocycles. The molecule has 2 aromatic rings. The van der Waals surface area contributed by atoms with E-state index in [0.29, 0.717) is 11.4 Å². The zero-order valence-corrected chi connectivity index (χ0v) is 16.3. The Kier molecular flexibility index (Phi) is 9.09. The topological polar surface area (TPSA) is 93.4 Å². The maximum absolute atomic E-state index is 12.8. The molecule has 4 N–H and O–H groups in total. The van der Waals surface area contributed by atoms with Gasteiger partial charge in [0, 0.05) is 30.6 Å². The van der Waals surface area contributed by atoms with Gasteiger partial charge in [0.05, 0.1) is 18.1 Å². The number of carbonyl (C=O) groups excluding carboxylic acids is 2.